The van der Waals surface area contributed by atoms with Crippen molar-refractivity contribution in [3.05, 3.63) is 77.2 Å². The molecule has 2 saturated heterocycles. The number of H-pyrrole nitrogens is 1. The molecule has 10 heteroatoms. The van der Waals surface area contributed by atoms with Gasteiger partial charge in [-0.3, -0.25) is 19.9 Å². The molecule has 0 atom stereocenters. The van der Waals surface area contributed by atoms with Crippen molar-refractivity contribution in [1.82, 2.24) is 30.6 Å². The van der Waals surface area contributed by atoms with Crippen molar-refractivity contribution in [3.63, 3.8) is 0 Å². The minimum atomic E-state index is -0.381. The monoisotopic (exact) mass is 525 g/mol. The third-order valence-corrected chi connectivity index (χ3v) is 7.69. The molecule has 9 nitrogen and oxygen atoms in total. The predicted molar refractivity (Wildman–Crippen MR) is 149 cm³/mol. The third kappa shape index (κ3) is 5.46. The van der Waals surface area contributed by atoms with Gasteiger partial charge in [0.2, 0.25) is 5.95 Å². The zero-order chi connectivity index (χ0) is 25.9. The number of aromatic nitrogens is 4. The van der Waals surface area contributed by atoms with Crippen LogP contribution in [0.15, 0.2) is 65.8 Å². The van der Waals surface area contributed by atoms with E-state index >= 15 is 0 Å². The normalized spacial score (nSPS) is 17.5. The summed E-state index contributed by atoms with van der Waals surface area (Å²) in [5, 5.41) is 6.69. The molecule has 0 bridgehead atoms. The Balaban J connectivity index is 1.01. The van der Waals surface area contributed by atoms with Crippen molar-refractivity contribution in [2.24, 2.45) is 5.92 Å². The molecule has 2 amide bonds. The van der Waals surface area contributed by atoms with E-state index in [-0.39, 0.29) is 11.1 Å². The molecule has 2 fully saturated rings. The van der Waals surface area contributed by atoms with E-state index in [2.05, 4.69) is 72.9 Å². The first-order chi connectivity index (χ1) is 18.6. The molecule has 0 radical (unpaired) electrons. The van der Waals surface area contributed by atoms with E-state index in [4.69, 9.17) is 4.98 Å². The highest BCUT2D eigenvalue weighted by atomic mass is 32.2. The summed E-state index contributed by atoms with van der Waals surface area (Å²) in [5.74, 6) is 0.841. The summed E-state index contributed by atoms with van der Waals surface area (Å²) in [5.41, 5.74) is 4.88. The number of piperidine rings is 1. The van der Waals surface area contributed by atoms with Gasteiger partial charge in [-0.15, -0.1) is 0 Å². The molecule has 0 saturated carbocycles. The first kappa shape index (κ1) is 24.3. The first-order valence-electron chi connectivity index (χ1n) is 12.7. The number of anilines is 1. The number of fused-ring (bicyclic) bond motifs is 1. The number of pyridine rings is 1. The summed E-state index contributed by atoms with van der Waals surface area (Å²) in [4.78, 5) is 42.9. The molecule has 6 rings (SSSR count). The van der Waals surface area contributed by atoms with Gasteiger partial charge in [-0.25, -0.2) is 9.97 Å². The lowest BCUT2D eigenvalue weighted by Crippen LogP contribution is -2.38. The molecule has 0 aliphatic carbocycles. The van der Waals surface area contributed by atoms with Gasteiger partial charge in [0, 0.05) is 48.5 Å². The summed E-state index contributed by atoms with van der Waals surface area (Å²) in [7, 11) is 0. The van der Waals surface area contributed by atoms with Crippen LogP contribution in [0.2, 0.25) is 0 Å². The molecular weight excluding hydrogens is 498 g/mol. The highest BCUT2D eigenvalue weighted by Gasteiger charge is 2.25. The van der Waals surface area contributed by atoms with Gasteiger partial charge < -0.3 is 15.2 Å². The lowest BCUT2D eigenvalue weighted by atomic mass is 9.97. The molecule has 192 valence electrons. The number of hydrogen-bond donors (Lipinski definition) is 3. The zero-order valence-electron chi connectivity index (χ0n) is 20.7. The maximum Gasteiger partial charge on any atom is 0.290 e. The number of thioether (sulfide) groups is 1. The molecule has 3 aromatic heterocycles. The number of nitrogens with one attached hydrogen (secondary N) is 3. The Morgan fingerprint density at radius 3 is 2.82 bits per heavy atom. The largest absolute Gasteiger partial charge is 0.361 e. The number of hydrogen-bond acceptors (Lipinski definition) is 8. The van der Waals surface area contributed by atoms with Gasteiger partial charge in [-0.2, -0.15) is 0 Å². The number of rotatable bonds is 7. The van der Waals surface area contributed by atoms with E-state index in [1.54, 1.807) is 18.3 Å². The molecule has 2 aliphatic rings. The third-order valence-electron chi connectivity index (χ3n) is 6.88. The molecule has 4 aromatic rings. The average molecular weight is 526 g/mol. The van der Waals surface area contributed by atoms with Crippen molar-refractivity contribution in [3.8, 4) is 11.3 Å². The maximum atomic E-state index is 11.8. The van der Waals surface area contributed by atoms with Crippen molar-refractivity contribution >= 4 is 45.8 Å². The number of aromatic amines is 1. The second kappa shape index (κ2) is 10.8. The quantitative estimate of drug-likeness (QED) is 0.305. The summed E-state index contributed by atoms with van der Waals surface area (Å²) in [6.45, 7) is 3.40. The second-order valence-corrected chi connectivity index (χ2v) is 10.5. The Morgan fingerprint density at radius 2 is 1.97 bits per heavy atom. The molecule has 38 heavy (non-hydrogen) atoms. The Labute approximate surface area is 224 Å². The molecular formula is C28H27N7O2S. The molecule has 0 spiro atoms. The Morgan fingerprint density at radius 1 is 1.08 bits per heavy atom. The van der Waals surface area contributed by atoms with E-state index in [1.165, 1.54) is 5.39 Å². The van der Waals surface area contributed by atoms with Crippen LogP contribution in [0.3, 0.4) is 0 Å². The van der Waals surface area contributed by atoms with E-state index in [1.807, 2.05) is 6.20 Å². The van der Waals surface area contributed by atoms with E-state index in [0.717, 1.165) is 73.3 Å². The molecule has 1 aromatic carbocycles. The van der Waals surface area contributed by atoms with E-state index in [0.29, 0.717) is 22.5 Å². The van der Waals surface area contributed by atoms with Gasteiger partial charge in [0.15, 0.2) is 0 Å². The SMILES string of the molecule is O=C1NC(=O)C(=Cc2ccnc(N3CCC(CNCc4cccc(-c5ccc6[nH]ccc6c5)n4)CC3)n2)S1. The van der Waals surface area contributed by atoms with Gasteiger partial charge in [0.25, 0.3) is 11.1 Å². The Bertz CT molecular complexity index is 1520. The van der Waals surface area contributed by atoms with Crippen molar-refractivity contribution in [1.29, 1.82) is 0 Å². The van der Waals surface area contributed by atoms with Gasteiger partial charge in [0.1, 0.15) is 0 Å². The highest BCUT2D eigenvalue weighted by molar-refractivity contribution is 8.18. The van der Waals surface area contributed by atoms with Gasteiger partial charge in [-0.1, -0.05) is 12.1 Å². The van der Waals surface area contributed by atoms with Crippen LogP contribution in [-0.4, -0.2) is 50.7 Å². The minimum Gasteiger partial charge on any atom is -0.361 e. The highest BCUT2D eigenvalue weighted by Crippen LogP contribution is 2.26. The number of carbonyl (C=O) groups is 2. The van der Waals surface area contributed by atoms with Crippen molar-refractivity contribution < 1.29 is 9.59 Å². The van der Waals surface area contributed by atoms with Crippen LogP contribution in [0.25, 0.3) is 28.2 Å². The Kier molecular flexibility index (Phi) is 6.89. The van der Waals surface area contributed by atoms with Gasteiger partial charge in [-0.05, 0) is 79.5 Å². The zero-order valence-corrected chi connectivity index (χ0v) is 21.5. The molecule has 0 unspecified atom stereocenters. The fraction of sp³-hybridized carbons (Fsp3) is 0.250. The van der Waals surface area contributed by atoms with Crippen LogP contribution >= 0.6 is 11.8 Å². The number of benzene rings is 1. The standard InChI is InChI=1S/C28H27N7O2S/c36-26-25(38-28(37)34-26)15-21-7-11-31-27(33-21)35-12-8-18(9-13-35)16-29-17-22-2-1-3-24(32-22)19-4-5-23-20(14-19)6-10-30-23/h1-7,10-11,14-15,18,29-30H,8-9,12-13,16-17H2,(H,34,36,37). The smallest absolute Gasteiger partial charge is 0.290 e. The Hall–Kier alpha value is -4.02. The van der Waals surface area contributed by atoms with E-state index < -0.39 is 0 Å². The van der Waals surface area contributed by atoms with Crippen LogP contribution in [0, 0.1) is 5.92 Å². The summed E-state index contributed by atoms with van der Waals surface area (Å²) in [6, 6.07) is 16.4. The fourth-order valence-electron chi connectivity index (χ4n) is 4.84. The molecule has 5 heterocycles. The van der Waals surface area contributed by atoms with Crippen molar-refractivity contribution in [2.75, 3.05) is 24.5 Å². The van der Waals surface area contributed by atoms with Crippen LogP contribution < -0.4 is 15.5 Å². The topological polar surface area (TPSA) is 116 Å². The predicted octanol–water partition coefficient (Wildman–Crippen LogP) is 4.35. The number of imide groups is 1. The van der Waals surface area contributed by atoms with Crippen LogP contribution in [-0.2, 0) is 11.3 Å². The van der Waals surface area contributed by atoms with Crippen LogP contribution in [0.4, 0.5) is 10.7 Å². The van der Waals surface area contributed by atoms with Gasteiger partial charge in [0.05, 0.1) is 22.0 Å². The van der Waals surface area contributed by atoms with Crippen LogP contribution in [0.1, 0.15) is 24.2 Å². The van der Waals surface area contributed by atoms with Crippen molar-refractivity contribution in [2.45, 2.75) is 19.4 Å². The number of amides is 2. The molecule has 2 aliphatic heterocycles. The minimum absolute atomic E-state index is 0.353. The van der Waals surface area contributed by atoms with Gasteiger partial charge >= 0.3 is 0 Å². The fourth-order valence-corrected chi connectivity index (χ4v) is 5.51. The average Bonchev–Trinajstić information content (AvgIpc) is 3.54. The second-order valence-electron chi connectivity index (χ2n) is 9.49. The number of carbonyl (C=O) groups excluding carboxylic acids is 2. The van der Waals surface area contributed by atoms with E-state index in [9.17, 15) is 9.59 Å². The van der Waals surface area contributed by atoms with Crippen LogP contribution in [0.5, 0.6) is 0 Å². The summed E-state index contributed by atoms with van der Waals surface area (Å²) >= 11 is 0.891. The lowest BCUT2D eigenvalue weighted by molar-refractivity contribution is -0.115. The first-order valence-corrected chi connectivity index (χ1v) is 13.5. The summed E-state index contributed by atoms with van der Waals surface area (Å²) in [6.07, 6.45) is 7.36. The number of nitrogens with zero attached hydrogens (tertiary/aromatic N) is 4. The lowest BCUT2D eigenvalue weighted by Gasteiger charge is -2.32. The molecule has 3 N–H and O–H groups in total. The summed E-state index contributed by atoms with van der Waals surface area (Å²) < 4.78 is 0. The maximum absolute atomic E-state index is 11.8.